The van der Waals surface area contributed by atoms with Gasteiger partial charge in [-0.15, -0.1) is 0 Å². The summed E-state index contributed by atoms with van der Waals surface area (Å²) in [6, 6.07) is 9.88. The number of nitrogens with one attached hydrogen (secondary N) is 1. The molecule has 3 rings (SSSR count). The van der Waals surface area contributed by atoms with Crippen molar-refractivity contribution in [1.29, 1.82) is 0 Å². The number of hydrogen-bond acceptors (Lipinski definition) is 4. The third-order valence-electron chi connectivity index (χ3n) is 5.54. The van der Waals surface area contributed by atoms with E-state index in [2.05, 4.69) is 29.3 Å². The number of ether oxygens (including phenoxy) is 1. The number of carbonyl (C=O) groups excluding carboxylic acids is 1. The molecular weight excluding hydrogens is 352 g/mol. The number of likely N-dealkylation sites (tertiary alicyclic amines) is 1. The van der Waals surface area contributed by atoms with Gasteiger partial charge in [0.25, 0.3) is 0 Å². The number of nitrogens with zero attached hydrogens (tertiary/aromatic N) is 1. The number of methoxy groups -OCH3 is 1. The van der Waals surface area contributed by atoms with Gasteiger partial charge in [0.1, 0.15) is 17.3 Å². The largest absolute Gasteiger partial charge is 0.497 e. The number of furan rings is 1. The summed E-state index contributed by atoms with van der Waals surface area (Å²) in [5, 5.41) is 3.04. The highest BCUT2D eigenvalue weighted by atomic mass is 16.5. The summed E-state index contributed by atoms with van der Waals surface area (Å²) in [6.45, 7) is 7.11. The maximum absolute atomic E-state index is 12.4. The Morgan fingerprint density at radius 3 is 2.82 bits per heavy atom. The first-order chi connectivity index (χ1) is 13.6. The Morgan fingerprint density at radius 2 is 2.11 bits per heavy atom. The fraction of sp³-hybridized carbons (Fsp3) is 0.522. The maximum Gasteiger partial charge on any atom is 0.224 e. The van der Waals surface area contributed by atoms with Gasteiger partial charge in [-0.1, -0.05) is 6.92 Å². The monoisotopic (exact) mass is 384 g/mol. The fourth-order valence-electron chi connectivity index (χ4n) is 3.90. The van der Waals surface area contributed by atoms with E-state index in [0.29, 0.717) is 12.3 Å². The van der Waals surface area contributed by atoms with Crippen molar-refractivity contribution in [2.45, 2.75) is 52.5 Å². The van der Waals surface area contributed by atoms with Crippen molar-refractivity contribution in [3.05, 3.63) is 47.4 Å². The average molecular weight is 385 g/mol. The van der Waals surface area contributed by atoms with Gasteiger partial charge in [-0.25, -0.2) is 0 Å². The van der Waals surface area contributed by atoms with Crippen molar-refractivity contribution in [1.82, 2.24) is 4.90 Å². The first-order valence-corrected chi connectivity index (χ1v) is 10.3. The van der Waals surface area contributed by atoms with Crippen LogP contribution in [0.2, 0.25) is 0 Å². The van der Waals surface area contributed by atoms with Gasteiger partial charge in [0.15, 0.2) is 0 Å². The summed E-state index contributed by atoms with van der Waals surface area (Å²) in [4.78, 5) is 14.9. The third-order valence-corrected chi connectivity index (χ3v) is 5.54. The Labute approximate surface area is 168 Å². The van der Waals surface area contributed by atoms with Gasteiger partial charge >= 0.3 is 0 Å². The van der Waals surface area contributed by atoms with Crippen molar-refractivity contribution in [3.8, 4) is 5.75 Å². The Kier molecular flexibility index (Phi) is 7.15. The molecule has 1 amide bonds. The number of piperidine rings is 1. The smallest absolute Gasteiger partial charge is 0.224 e. The van der Waals surface area contributed by atoms with Crippen LogP contribution in [0.25, 0.3) is 0 Å². The molecule has 1 atom stereocenters. The van der Waals surface area contributed by atoms with Crippen LogP contribution in [0.5, 0.6) is 5.75 Å². The second-order valence-electron chi connectivity index (χ2n) is 7.73. The third kappa shape index (κ3) is 5.61. The van der Waals surface area contributed by atoms with E-state index in [0.717, 1.165) is 61.0 Å². The molecule has 152 valence electrons. The molecule has 2 heterocycles. The Hall–Kier alpha value is -2.27. The van der Waals surface area contributed by atoms with Crippen molar-refractivity contribution < 1.29 is 13.9 Å². The SMILES string of the molecule is CCc1ccc(CN2CCC[C@H](CCC(=O)Nc3ccc(OC)cc3C)C2)o1. The molecule has 5 nitrogen and oxygen atoms in total. The van der Waals surface area contributed by atoms with Gasteiger partial charge in [-0.2, -0.15) is 0 Å². The van der Waals surface area contributed by atoms with E-state index in [1.165, 1.54) is 12.8 Å². The minimum Gasteiger partial charge on any atom is -0.497 e. The number of aryl methyl sites for hydroxylation is 2. The van der Waals surface area contributed by atoms with Gasteiger partial charge in [0.2, 0.25) is 5.91 Å². The Bertz CT molecular complexity index is 784. The zero-order valence-electron chi connectivity index (χ0n) is 17.3. The summed E-state index contributed by atoms with van der Waals surface area (Å²) in [5.74, 6) is 3.56. The molecule has 1 aromatic heterocycles. The lowest BCUT2D eigenvalue weighted by molar-refractivity contribution is -0.116. The molecule has 0 saturated carbocycles. The minimum atomic E-state index is 0.0870. The molecule has 0 radical (unpaired) electrons. The van der Waals surface area contributed by atoms with Crippen LogP contribution in [0.3, 0.4) is 0 Å². The van der Waals surface area contributed by atoms with Gasteiger partial charge in [-0.3, -0.25) is 9.69 Å². The van der Waals surface area contributed by atoms with Crippen LogP contribution >= 0.6 is 0 Å². The van der Waals surface area contributed by atoms with Gasteiger partial charge in [0.05, 0.1) is 13.7 Å². The number of hydrogen-bond donors (Lipinski definition) is 1. The second-order valence-corrected chi connectivity index (χ2v) is 7.73. The molecule has 0 spiro atoms. The number of anilines is 1. The predicted molar refractivity (Wildman–Crippen MR) is 112 cm³/mol. The van der Waals surface area contributed by atoms with Crippen LogP contribution in [-0.2, 0) is 17.8 Å². The summed E-state index contributed by atoms with van der Waals surface area (Å²) >= 11 is 0. The molecule has 0 aliphatic carbocycles. The Balaban J connectivity index is 1.45. The lowest BCUT2D eigenvalue weighted by Crippen LogP contribution is -2.35. The van der Waals surface area contributed by atoms with Crippen molar-refractivity contribution in [2.75, 3.05) is 25.5 Å². The predicted octanol–water partition coefficient (Wildman–Crippen LogP) is 4.79. The topological polar surface area (TPSA) is 54.7 Å². The molecule has 1 aliphatic rings. The zero-order valence-corrected chi connectivity index (χ0v) is 17.3. The van der Waals surface area contributed by atoms with E-state index in [4.69, 9.17) is 9.15 Å². The molecule has 28 heavy (non-hydrogen) atoms. The van der Waals surface area contributed by atoms with Crippen molar-refractivity contribution in [3.63, 3.8) is 0 Å². The lowest BCUT2D eigenvalue weighted by Gasteiger charge is -2.32. The number of benzene rings is 1. The van der Waals surface area contributed by atoms with Gasteiger partial charge in [-0.05, 0) is 74.5 Å². The van der Waals surface area contributed by atoms with Crippen LogP contribution in [-0.4, -0.2) is 31.0 Å². The van der Waals surface area contributed by atoms with E-state index >= 15 is 0 Å². The average Bonchev–Trinajstić information content (AvgIpc) is 3.16. The van der Waals surface area contributed by atoms with Crippen molar-refractivity contribution >= 4 is 11.6 Å². The molecule has 0 bridgehead atoms. The quantitative estimate of drug-likeness (QED) is 0.711. The van der Waals surface area contributed by atoms with E-state index in [9.17, 15) is 4.79 Å². The summed E-state index contributed by atoms with van der Waals surface area (Å²) < 4.78 is 11.1. The van der Waals surface area contributed by atoms with E-state index in [1.54, 1.807) is 7.11 Å². The first-order valence-electron chi connectivity index (χ1n) is 10.3. The molecule has 1 aromatic carbocycles. The van der Waals surface area contributed by atoms with Gasteiger partial charge < -0.3 is 14.5 Å². The van der Waals surface area contributed by atoms with Crippen LogP contribution in [0.4, 0.5) is 5.69 Å². The molecule has 2 aromatic rings. The molecule has 1 saturated heterocycles. The van der Waals surface area contributed by atoms with Crippen LogP contribution < -0.4 is 10.1 Å². The van der Waals surface area contributed by atoms with Crippen LogP contribution in [0.1, 0.15) is 49.7 Å². The normalized spacial score (nSPS) is 17.5. The standard InChI is InChI=1S/C23H32N2O3/c1-4-19-8-9-21(28-19)16-25-13-5-6-18(15-25)7-12-23(26)24-22-11-10-20(27-3)14-17(22)2/h8-11,14,18H,4-7,12-13,15-16H2,1-3H3,(H,24,26)/t18-/m1/s1. The fourth-order valence-corrected chi connectivity index (χ4v) is 3.90. The minimum absolute atomic E-state index is 0.0870. The van der Waals surface area contributed by atoms with Crippen LogP contribution in [0.15, 0.2) is 34.7 Å². The highest BCUT2D eigenvalue weighted by molar-refractivity contribution is 5.91. The highest BCUT2D eigenvalue weighted by Crippen LogP contribution is 2.24. The maximum atomic E-state index is 12.4. The van der Waals surface area contributed by atoms with E-state index < -0.39 is 0 Å². The molecule has 1 aliphatic heterocycles. The first kappa shape index (κ1) is 20.5. The molecular formula is C23H32N2O3. The summed E-state index contributed by atoms with van der Waals surface area (Å²) in [6.07, 6.45) is 4.81. The summed E-state index contributed by atoms with van der Waals surface area (Å²) in [5.41, 5.74) is 1.88. The summed E-state index contributed by atoms with van der Waals surface area (Å²) in [7, 11) is 1.65. The number of rotatable bonds is 8. The zero-order chi connectivity index (χ0) is 19.9. The number of carbonyl (C=O) groups is 1. The van der Waals surface area contributed by atoms with E-state index in [-0.39, 0.29) is 5.91 Å². The molecule has 1 N–H and O–H groups in total. The molecule has 0 unspecified atom stereocenters. The van der Waals surface area contributed by atoms with Gasteiger partial charge in [0, 0.05) is 25.1 Å². The van der Waals surface area contributed by atoms with Crippen molar-refractivity contribution in [2.24, 2.45) is 5.92 Å². The highest BCUT2D eigenvalue weighted by Gasteiger charge is 2.21. The molecule has 5 heteroatoms. The lowest BCUT2D eigenvalue weighted by atomic mass is 9.93. The molecule has 1 fully saturated rings. The second kappa shape index (κ2) is 9.78. The number of amides is 1. The van der Waals surface area contributed by atoms with E-state index in [1.807, 2.05) is 25.1 Å². The Morgan fingerprint density at radius 1 is 1.29 bits per heavy atom. The van der Waals surface area contributed by atoms with Crippen LogP contribution in [0, 0.1) is 12.8 Å².